The molecule has 0 bridgehead atoms. The van der Waals surface area contributed by atoms with Gasteiger partial charge in [0.1, 0.15) is 0 Å². The molecule has 1 aliphatic heterocycles. The Morgan fingerprint density at radius 1 is 1.00 bits per heavy atom. The highest BCUT2D eigenvalue weighted by atomic mass is 35.5. The molecule has 0 spiro atoms. The van der Waals surface area contributed by atoms with Crippen LogP contribution >= 0.6 is 23.2 Å². The first kappa shape index (κ1) is 13.2. The summed E-state index contributed by atoms with van der Waals surface area (Å²) in [4.78, 5) is 11.6. The molecule has 1 unspecified atom stereocenters. The van der Waals surface area contributed by atoms with Gasteiger partial charge in [0.25, 0.3) is 0 Å². The number of hydrogen-bond acceptors (Lipinski definition) is 2. The van der Waals surface area contributed by atoms with Crippen LogP contribution in [0.2, 0.25) is 10.0 Å². The van der Waals surface area contributed by atoms with E-state index in [1.165, 1.54) is 6.08 Å². The van der Waals surface area contributed by atoms with Crippen LogP contribution in [0.1, 0.15) is 17.2 Å². The van der Waals surface area contributed by atoms with Crippen molar-refractivity contribution in [2.75, 3.05) is 0 Å². The number of esters is 1. The average Bonchev–Trinajstić information content (AvgIpc) is 2.81. The van der Waals surface area contributed by atoms with Gasteiger partial charge >= 0.3 is 5.97 Å². The van der Waals surface area contributed by atoms with Crippen molar-refractivity contribution in [1.29, 1.82) is 0 Å². The summed E-state index contributed by atoms with van der Waals surface area (Å²) in [6, 6.07) is 14.8. The monoisotopic (exact) mass is 304 g/mol. The molecule has 0 amide bonds. The standard InChI is InChI=1S/C16H10Cl2O2/c17-11-6-7-12(14(18)8-11)13-9-15(19)20-16(13)10-4-2-1-3-5-10/h1-9,16H. The molecule has 1 atom stereocenters. The molecule has 0 radical (unpaired) electrons. The minimum absolute atomic E-state index is 0.361. The lowest BCUT2D eigenvalue weighted by molar-refractivity contribution is -0.138. The molecule has 0 aliphatic carbocycles. The molecular weight excluding hydrogens is 295 g/mol. The lowest BCUT2D eigenvalue weighted by Crippen LogP contribution is -2.03. The summed E-state index contributed by atoms with van der Waals surface area (Å²) in [5.41, 5.74) is 2.43. The van der Waals surface area contributed by atoms with Crippen LogP contribution in [-0.2, 0) is 9.53 Å². The molecular formula is C16H10Cl2O2. The normalized spacial score (nSPS) is 17.8. The molecule has 0 fully saturated rings. The SMILES string of the molecule is O=C1C=C(c2ccc(Cl)cc2Cl)C(c2ccccc2)O1. The maximum atomic E-state index is 11.6. The van der Waals surface area contributed by atoms with Gasteiger partial charge in [0.2, 0.25) is 0 Å². The van der Waals surface area contributed by atoms with Crippen molar-refractivity contribution in [3.8, 4) is 0 Å². The Hall–Kier alpha value is -1.77. The second-order valence-electron chi connectivity index (χ2n) is 4.45. The summed E-state index contributed by atoms with van der Waals surface area (Å²) >= 11 is 12.1. The fraction of sp³-hybridized carbons (Fsp3) is 0.0625. The third kappa shape index (κ3) is 2.45. The number of cyclic esters (lactones) is 1. The van der Waals surface area contributed by atoms with Crippen molar-refractivity contribution < 1.29 is 9.53 Å². The van der Waals surface area contributed by atoms with Crippen LogP contribution in [-0.4, -0.2) is 5.97 Å². The van der Waals surface area contributed by atoms with E-state index in [4.69, 9.17) is 27.9 Å². The molecule has 2 aromatic carbocycles. The number of halogens is 2. The van der Waals surface area contributed by atoms with Gasteiger partial charge in [0.05, 0.1) is 0 Å². The largest absolute Gasteiger partial charge is 0.449 e. The quantitative estimate of drug-likeness (QED) is 0.753. The fourth-order valence-electron chi connectivity index (χ4n) is 2.23. The highest BCUT2D eigenvalue weighted by molar-refractivity contribution is 6.35. The van der Waals surface area contributed by atoms with E-state index in [0.29, 0.717) is 10.0 Å². The Balaban J connectivity index is 2.06. The smallest absolute Gasteiger partial charge is 0.332 e. The second kappa shape index (κ2) is 5.31. The molecule has 1 aliphatic rings. The van der Waals surface area contributed by atoms with E-state index in [-0.39, 0.29) is 5.97 Å². The van der Waals surface area contributed by atoms with E-state index in [0.717, 1.165) is 16.7 Å². The Bertz CT molecular complexity index is 693. The molecule has 3 rings (SSSR count). The highest BCUT2D eigenvalue weighted by Gasteiger charge is 2.29. The average molecular weight is 305 g/mol. The van der Waals surface area contributed by atoms with Crippen LogP contribution in [0.4, 0.5) is 0 Å². The molecule has 2 aromatic rings. The summed E-state index contributed by atoms with van der Waals surface area (Å²) in [5.74, 6) is -0.361. The molecule has 20 heavy (non-hydrogen) atoms. The van der Waals surface area contributed by atoms with Crippen LogP contribution in [0, 0.1) is 0 Å². The molecule has 1 heterocycles. The van der Waals surface area contributed by atoms with E-state index < -0.39 is 6.10 Å². The highest BCUT2D eigenvalue weighted by Crippen LogP contribution is 2.40. The molecule has 0 saturated carbocycles. The topological polar surface area (TPSA) is 26.3 Å². The van der Waals surface area contributed by atoms with Gasteiger partial charge in [0.15, 0.2) is 6.10 Å². The van der Waals surface area contributed by atoms with Crippen molar-refractivity contribution >= 4 is 34.7 Å². The van der Waals surface area contributed by atoms with Crippen molar-refractivity contribution in [3.63, 3.8) is 0 Å². The summed E-state index contributed by atoms with van der Waals surface area (Å²) in [6.45, 7) is 0. The zero-order valence-corrected chi connectivity index (χ0v) is 11.9. The molecule has 2 nitrogen and oxygen atoms in total. The lowest BCUT2D eigenvalue weighted by atomic mass is 9.96. The summed E-state index contributed by atoms with van der Waals surface area (Å²) in [7, 11) is 0. The molecule has 0 aromatic heterocycles. The Morgan fingerprint density at radius 2 is 1.75 bits per heavy atom. The van der Waals surface area contributed by atoms with E-state index >= 15 is 0 Å². The number of hydrogen-bond donors (Lipinski definition) is 0. The third-order valence-electron chi connectivity index (χ3n) is 3.13. The molecule has 0 saturated heterocycles. The van der Waals surface area contributed by atoms with E-state index in [1.807, 2.05) is 30.3 Å². The number of rotatable bonds is 2. The number of benzene rings is 2. The van der Waals surface area contributed by atoms with Gasteiger partial charge in [0, 0.05) is 27.3 Å². The summed E-state index contributed by atoms with van der Waals surface area (Å²) in [6.07, 6.45) is 1.05. The molecule has 100 valence electrons. The van der Waals surface area contributed by atoms with Crippen molar-refractivity contribution in [2.45, 2.75) is 6.10 Å². The zero-order chi connectivity index (χ0) is 14.1. The minimum Gasteiger partial charge on any atom is -0.449 e. The predicted octanol–water partition coefficient (Wildman–Crippen LogP) is 4.67. The van der Waals surface area contributed by atoms with Gasteiger partial charge in [-0.15, -0.1) is 0 Å². The van der Waals surface area contributed by atoms with Crippen LogP contribution in [0.15, 0.2) is 54.6 Å². The van der Waals surface area contributed by atoms with Gasteiger partial charge in [-0.05, 0) is 17.7 Å². The van der Waals surface area contributed by atoms with Gasteiger partial charge in [-0.25, -0.2) is 4.79 Å². The third-order valence-corrected chi connectivity index (χ3v) is 3.68. The Kier molecular flexibility index (Phi) is 3.51. The number of carbonyl (C=O) groups is 1. The van der Waals surface area contributed by atoms with Gasteiger partial charge in [-0.2, -0.15) is 0 Å². The lowest BCUT2D eigenvalue weighted by Gasteiger charge is -2.16. The fourth-order valence-corrected chi connectivity index (χ4v) is 2.75. The number of carbonyl (C=O) groups excluding carboxylic acids is 1. The molecule has 4 heteroatoms. The van der Waals surface area contributed by atoms with Crippen molar-refractivity contribution in [3.05, 3.63) is 75.8 Å². The van der Waals surface area contributed by atoms with Gasteiger partial charge in [-0.3, -0.25) is 0 Å². The van der Waals surface area contributed by atoms with E-state index in [1.54, 1.807) is 18.2 Å². The summed E-state index contributed by atoms with van der Waals surface area (Å²) < 4.78 is 5.38. The van der Waals surface area contributed by atoms with Crippen molar-refractivity contribution in [2.24, 2.45) is 0 Å². The van der Waals surface area contributed by atoms with Gasteiger partial charge in [-0.1, -0.05) is 59.6 Å². The Labute approximate surface area is 126 Å². The van der Waals surface area contributed by atoms with Crippen molar-refractivity contribution in [1.82, 2.24) is 0 Å². The first-order valence-corrected chi connectivity index (χ1v) is 6.83. The van der Waals surface area contributed by atoms with Crippen LogP contribution in [0.5, 0.6) is 0 Å². The maximum Gasteiger partial charge on any atom is 0.332 e. The second-order valence-corrected chi connectivity index (χ2v) is 5.30. The van der Waals surface area contributed by atoms with Crippen LogP contribution in [0.25, 0.3) is 5.57 Å². The van der Waals surface area contributed by atoms with Gasteiger partial charge < -0.3 is 4.74 Å². The zero-order valence-electron chi connectivity index (χ0n) is 10.3. The Morgan fingerprint density at radius 3 is 2.45 bits per heavy atom. The first-order valence-electron chi connectivity index (χ1n) is 6.08. The summed E-state index contributed by atoms with van der Waals surface area (Å²) in [5, 5.41) is 1.06. The molecule has 0 N–H and O–H groups in total. The van der Waals surface area contributed by atoms with Crippen LogP contribution in [0.3, 0.4) is 0 Å². The minimum atomic E-state index is -0.428. The van der Waals surface area contributed by atoms with E-state index in [2.05, 4.69) is 0 Å². The number of ether oxygens (including phenoxy) is 1. The predicted molar refractivity (Wildman–Crippen MR) is 79.7 cm³/mol. The van der Waals surface area contributed by atoms with E-state index in [9.17, 15) is 4.79 Å². The first-order chi connectivity index (χ1) is 9.65. The maximum absolute atomic E-state index is 11.6. The van der Waals surface area contributed by atoms with Crippen LogP contribution < -0.4 is 0 Å².